The van der Waals surface area contributed by atoms with Gasteiger partial charge in [0, 0.05) is 0 Å². The van der Waals surface area contributed by atoms with Gasteiger partial charge >= 0.3 is 0 Å². The minimum Gasteiger partial charge on any atom is -0.490 e. The number of ether oxygens (including phenoxy) is 2. The fraction of sp³-hybridized carbons (Fsp3) is 0.241. The normalized spacial score (nSPS) is 15.1. The number of thioether (sulfide) groups is 1. The Hall–Kier alpha value is -3.09. The Bertz CT molecular complexity index is 1210. The molecular formula is C29H29NO3S2. The van der Waals surface area contributed by atoms with Gasteiger partial charge in [-0.05, 0) is 52.4 Å². The fourth-order valence-corrected chi connectivity index (χ4v) is 4.87. The maximum absolute atomic E-state index is 12.9. The Labute approximate surface area is 216 Å². The predicted octanol–water partition coefficient (Wildman–Crippen LogP) is 6.84. The van der Waals surface area contributed by atoms with E-state index in [1.165, 1.54) is 17.3 Å². The van der Waals surface area contributed by atoms with Crippen molar-refractivity contribution in [2.45, 2.75) is 32.7 Å². The standard InChI is InChI=1S/C29H29NO3S2/c1-29(2,3)23-12-14-24(15-13-23)32-16-17-33-25-11-7-10-22(18-25)19-26-27(31)30(28(34)35-26)20-21-8-5-4-6-9-21/h4-15,18-19H,16-17,20H2,1-3H3/b26-19+. The van der Waals surface area contributed by atoms with E-state index in [1.54, 1.807) is 4.90 Å². The van der Waals surface area contributed by atoms with Gasteiger partial charge < -0.3 is 9.47 Å². The molecule has 1 amide bonds. The molecule has 3 aromatic rings. The third-order valence-corrected chi connectivity index (χ3v) is 6.93. The van der Waals surface area contributed by atoms with E-state index in [0.717, 1.165) is 22.6 Å². The van der Waals surface area contributed by atoms with Gasteiger partial charge in [-0.25, -0.2) is 0 Å². The molecule has 0 N–H and O–H groups in total. The van der Waals surface area contributed by atoms with Crippen LogP contribution in [0.5, 0.6) is 11.5 Å². The van der Waals surface area contributed by atoms with Gasteiger partial charge in [0.2, 0.25) is 0 Å². The Kier molecular flexibility index (Phi) is 7.93. The molecule has 0 radical (unpaired) electrons. The molecule has 0 saturated carbocycles. The monoisotopic (exact) mass is 503 g/mol. The predicted molar refractivity (Wildman–Crippen MR) is 148 cm³/mol. The summed E-state index contributed by atoms with van der Waals surface area (Å²) in [5.41, 5.74) is 3.33. The van der Waals surface area contributed by atoms with E-state index >= 15 is 0 Å². The van der Waals surface area contributed by atoms with Crippen LogP contribution in [-0.4, -0.2) is 28.3 Å². The molecule has 1 heterocycles. The molecule has 4 nitrogen and oxygen atoms in total. The number of amides is 1. The van der Waals surface area contributed by atoms with E-state index in [0.29, 0.717) is 29.0 Å². The first-order valence-corrected chi connectivity index (χ1v) is 12.8. The van der Waals surface area contributed by atoms with Crippen molar-refractivity contribution in [3.05, 3.63) is 100 Å². The van der Waals surface area contributed by atoms with Crippen LogP contribution in [0.25, 0.3) is 6.08 Å². The van der Waals surface area contributed by atoms with Crippen molar-refractivity contribution in [2.75, 3.05) is 13.2 Å². The zero-order chi connectivity index (χ0) is 24.8. The molecule has 0 atom stereocenters. The van der Waals surface area contributed by atoms with Gasteiger partial charge in [-0.2, -0.15) is 0 Å². The zero-order valence-corrected chi connectivity index (χ0v) is 21.8. The highest BCUT2D eigenvalue weighted by atomic mass is 32.2. The van der Waals surface area contributed by atoms with Crippen molar-refractivity contribution in [3.63, 3.8) is 0 Å². The molecule has 0 aromatic heterocycles. The highest BCUT2D eigenvalue weighted by molar-refractivity contribution is 8.26. The minimum absolute atomic E-state index is 0.0685. The van der Waals surface area contributed by atoms with E-state index in [1.807, 2.05) is 72.8 Å². The van der Waals surface area contributed by atoms with Gasteiger partial charge in [-0.3, -0.25) is 9.69 Å². The summed E-state index contributed by atoms with van der Waals surface area (Å²) in [5, 5.41) is 0. The molecule has 1 aliphatic heterocycles. The Balaban J connectivity index is 1.31. The van der Waals surface area contributed by atoms with Crippen molar-refractivity contribution >= 4 is 40.3 Å². The lowest BCUT2D eigenvalue weighted by Crippen LogP contribution is -2.27. The van der Waals surface area contributed by atoms with Gasteiger partial charge in [0.05, 0.1) is 11.4 Å². The van der Waals surface area contributed by atoms with Crippen LogP contribution >= 0.6 is 24.0 Å². The van der Waals surface area contributed by atoms with Crippen LogP contribution < -0.4 is 9.47 Å². The number of benzene rings is 3. The first-order valence-electron chi connectivity index (χ1n) is 11.5. The number of hydrogen-bond acceptors (Lipinski definition) is 5. The van der Waals surface area contributed by atoms with Crippen molar-refractivity contribution < 1.29 is 14.3 Å². The maximum Gasteiger partial charge on any atom is 0.266 e. The second-order valence-corrected chi connectivity index (χ2v) is 11.0. The van der Waals surface area contributed by atoms with Crippen molar-refractivity contribution in [3.8, 4) is 11.5 Å². The van der Waals surface area contributed by atoms with Crippen LogP contribution in [-0.2, 0) is 16.8 Å². The lowest BCUT2D eigenvalue weighted by molar-refractivity contribution is -0.122. The first-order chi connectivity index (χ1) is 16.8. The Morgan fingerprint density at radius 1 is 0.886 bits per heavy atom. The average molecular weight is 504 g/mol. The molecule has 0 bridgehead atoms. The van der Waals surface area contributed by atoms with Crippen LogP contribution in [0.1, 0.15) is 37.5 Å². The van der Waals surface area contributed by atoms with Crippen LogP contribution in [0.2, 0.25) is 0 Å². The minimum atomic E-state index is -0.0685. The highest BCUT2D eigenvalue weighted by Gasteiger charge is 2.31. The highest BCUT2D eigenvalue weighted by Crippen LogP contribution is 2.34. The van der Waals surface area contributed by atoms with E-state index in [-0.39, 0.29) is 11.3 Å². The second kappa shape index (κ2) is 11.1. The van der Waals surface area contributed by atoms with Crippen LogP contribution in [0.4, 0.5) is 0 Å². The Morgan fingerprint density at radius 2 is 1.57 bits per heavy atom. The summed E-state index contributed by atoms with van der Waals surface area (Å²) in [5.74, 6) is 1.49. The lowest BCUT2D eigenvalue weighted by Gasteiger charge is -2.19. The third-order valence-electron chi connectivity index (χ3n) is 5.55. The molecule has 4 rings (SSSR count). The van der Waals surface area contributed by atoms with Crippen LogP contribution in [0.15, 0.2) is 83.8 Å². The largest absolute Gasteiger partial charge is 0.490 e. The smallest absolute Gasteiger partial charge is 0.266 e. The number of nitrogens with zero attached hydrogens (tertiary/aromatic N) is 1. The van der Waals surface area contributed by atoms with Gasteiger partial charge in [0.15, 0.2) is 0 Å². The summed E-state index contributed by atoms with van der Waals surface area (Å²) in [6.07, 6.45) is 1.87. The van der Waals surface area contributed by atoms with Gasteiger partial charge in [0.25, 0.3) is 5.91 Å². The fourth-order valence-electron chi connectivity index (χ4n) is 3.62. The van der Waals surface area contributed by atoms with Crippen LogP contribution in [0, 0.1) is 0 Å². The quantitative estimate of drug-likeness (QED) is 0.191. The number of thiocarbonyl (C=S) groups is 1. The molecule has 1 aliphatic rings. The summed E-state index contributed by atoms with van der Waals surface area (Å²) in [6, 6.07) is 25.7. The van der Waals surface area contributed by atoms with E-state index in [4.69, 9.17) is 21.7 Å². The molecule has 35 heavy (non-hydrogen) atoms. The summed E-state index contributed by atoms with van der Waals surface area (Å²) < 4.78 is 12.3. The number of carbonyl (C=O) groups is 1. The molecule has 0 aliphatic carbocycles. The van der Waals surface area contributed by atoms with Gasteiger partial charge in [-0.1, -0.05) is 99.3 Å². The van der Waals surface area contributed by atoms with Crippen LogP contribution in [0.3, 0.4) is 0 Å². The number of hydrogen-bond donors (Lipinski definition) is 0. The van der Waals surface area contributed by atoms with E-state index in [2.05, 4.69) is 32.9 Å². The summed E-state index contributed by atoms with van der Waals surface area (Å²) in [7, 11) is 0. The second-order valence-electron chi connectivity index (χ2n) is 9.30. The summed E-state index contributed by atoms with van der Waals surface area (Å²) in [6.45, 7) is 7.91. The molecule has 0 unspecified atom stereocenters. The number of rotatable bonds is 8. The molecular weight excluding hydrogens is 474 g/mol. The maximum atomic E-state index is 12.9. The van der Waals surface area contributed by atoms with E-state index in [9.17, 15) is 4.79 Å². The molecule has 1 saturated heterocycles. The van der Waals surface area contributed by atoms with E-state index < -0.39 is 0 Å². The van der Waals surface area contributed by atoms with Crippen molar-refractivity contribution in [2.24, 2.45) is 0 Å². The van der Waals surface area contributed by atoms with Crippen molar-refractivity contribution in [1.29, 1.82) is 0 Å². The molecule has 6 heteroatoms. The van der Waals surface area contributed by atoms with Crippen molar-refractivity contribution in [1.82, 2.24) is 4.90 Å². The van der Waals surface area contributed by atoms with Gasteiger partial charge in [0.1, 0.15) is 29.0 Å². The molecule has 3 aromatic carbocycles. The molecule has 180 valence electrons. The third kappa shape index (κ3) is 6.74. The lowest BCUT2D eigenvalue weighted by atomic mass is 9.87. The summed E-state index contributed by atoms with van der Waals surface area (Å²) >= 11 is 6.79. The Morgan fingerprint density at radius 3 is 2.26 bits per heavy atom. The SMILES string of the molecule is CC(C)(C)c1ccc(OCCOc2cccc(/C=C3/SC(=S)N(Cc4ccccc4)C3=O)c2)cc1. The number of carbonyl (C=O) groups excluding carboxylic acids is 1. The molecule has 0 spiro atoms. The first kappa shape index (κ1) is 25.0. The van der Waals surface area contributed by atoms with Gasteiger partial charge in [-0.15, -0.1) is 0 Å². The topological polar surface area (TPSA) is 38.8 Å². The summed E-state index contributed by atoms with van der Waals surface area (Å²) in [4.78, 5) is 15.2. The zero-order valence-electron chi connectivity index (χ0n) is 20.2. The molecule has 1 fully saturated rings. The average Bonchev–Trinajstić information content (AvgIpc) is 3.10.